The zero-order valence-electron chi connectivity index (χ0n) is 9.60. The molecular weight excluding hydrogens is 260 g/mol. The minimum atomic E-state index is -2.69. The van der Waals surface area contributed by atoms with Crippen molar-refractivity contribution in [1.82, 2.24) is 15.3 Å². The molecule has 1 aliphatic rings. The summed E-state index contributed by atoms with van der Waals surface area (Å²) in [5, 5.41) is 2.81. The Balaban J connectivity index is 2.01. The molecule has 1 N–H and O–H groups in total. The number of rotatable bonds is 3. The molecule has 0 radical (unpaired) electrons. The molecule has 0 aromatic carbocycles. The number of amides is 1. The first-order chi connectivity index (χ1) is 8.66. The number of carbonyl (C=O) groups excluding carboxylic acids is 1. The molecule has 2 heterocycles. The Bertz CT molecular complexity index is 425. The lowest BCUT2D eigenvalue weighted by Crippen LogP contribution is -2.38. The maximum Gasteiger partial charge on any atom is 0.280 e. The van der Waals surface area contributed by atoms with Gasteiger partial charge in [-0.15, -0.1) is 0 Å². The van der Waals surface area contributed by atoms with E-state index in [9.17, 15) is 13.6 Å². The quantitative estimate of drug-likeness (QED) is 0.915. The first-order valence-corrected chi connectivity index (χ1v) is 6.81. The van der Waals surface area contributed by atoms with Crippen molar-refractivity contribution in [2.45, 2.75) is 25.3 Å². The molecule has 1 amide bonds. The van der Waals surface area contributed by atoms with Crippen molar-refractivity contribution in [2.75, 3.05) is 11.5 Å². The van der Waals surface area contributed by atoms with E-state index in [0.29, 0.717) is 0 Å². The summed E-state index contributed by atoms with van der Waals surface area (Å²) in [4.78, 5) is 19.0. The molecule has 7 heteroatoms. The first kappa shape index (κ1) is 13.2. The van der Waals surface area contributed by atoms with Crippen molar-refractivity contribution in [1.29, 1.82) is 0 Å². The third kappa shape index (κ3) is 3.38. The predicted octanol–water partition coefficient (Wildman–Crippen LogP) is 2.04. The van der Waals surface area contributed by atoms with Crippen LogP contribution in [0.3, 0.4) is 0 Å². The van der Waals surface area contributed by atoms with Gasteiger partial charge in [0.05, 0.1) is 0 Å². The Kier molecular flexibility index (Phi) is 4.46. The van der Waals surface area contributed by atoms with Gasteiger partial charge in [-0.05, 0) is 24.7 Å². The van der Waals surface area contributed by atoms with E-state index in [1.165, 1.54) is 0 Å². The Morgan fingerprint density at radius 2 is 2.33 bits per heavy atom. The average molecular weight is 273 g/mol. The molecule has 1 aromatic heterocycles. The van der Waals surface area contributed by atoms with E-state index in [-0.39, 0.29) is 11.7 Å². The van der Waals surface area contributed by atoms with Gasteiger partial charge in [-0.3, -0.25) is 4.79 Å². The van der Waals surface area contributed by atoms with Gasteiger partial charge in [0.25, 0.3) is 12.3 Å². The van der Waals surface area contributed by atoms with Crippen molar-refractivity contribution >= 4 is 17.7 Å². The number of carbonyl (C=O) groups is 1. The van der Waals surface area contributed by atoms with Crippen LogP contribution in [0.25, 0.3) is 0 Å². The lowest BCUT2D eigenvalue weighted by Gasteiger charge is -2.22. The maximum atomic E-state index is 12.4. The topological polar surface area (TPSA) is 54.9 Å². The molecule has 4 nitrogen and oxygen atoms in total. The van der Waals surface area contributed by atoms with E-state index in [0.717, 1.165) is 36.7 Å². The summed E-state index contributed by atoms with van der Waals surface area (Å²) in [6, 6.07) is 1.14. The minimum absolute atomic E-state index is 0.00382. The molecule has 0 spiro atoms. The lowest BCUT2D eigenvalue weighted by atomic mass is 10.2. The van der Waals surface area contributed by atoms with Crippen LogP contribution in [0.5, 0.6) is 0 Å². The van der Waals surface area contributed by atoms with Crippen LogP contribution in [0.1, 0.15) is 35.4 Å². The highest BCUT2D eigenvalue weighted by molar-refractivity contribution is 7.99. The van der Waals surface area contributed by atoms with Gasteiger partial charge >= 0.3 is 0 Å². The first-order valence-electron chi connectivity index (χ1n) is 5.65. The van der Waals surface area contributed by atoms with Gasteiger partial charge in [-0.2, -0.15) is 11.8 Å². The fourth-order valence-electron chi connectivity index (χ4n) is 1.73. The predicted molar refractivity (Wildman–Crippen MR) is 64.8 cm³/mol. The van der Waals surface area contributed by atoms with Crippen LogP contribution >= 0.6 is 11.8 Å². The molecule has 98 valence electrons. The SMILES string of the molecule is O=C(NC1CCCSC1)c1cc(C(F)F)ncn1. The summed E-state index contributed by atoms with van der Waals surface area (Å²) in [6.07, 6.45) is 0.281. The van der Waals surface area contributed by atoms with Crippen LogP contribution in [0.2, 0.25) is 0 Å². The van der Waals surface area contributed by atoms with Crippen molar-refractivity contribution in [3.63, 3.8) is 0 Å². The number of aromatic nitrogens is 2. The lowest BCUT2D eigenvalue weighted by molar-refractivity contribution is 0.0932. The number of nitrogens with zero attached hydrogens (tertiary/aromatic N) is 2. The van der Waals surface area contributed by atoms with Crippen LogP contribution in [-0.2, 0) is 0 Å². The van der Waals surface area contributed by atoms with Gasteiger partial charge in [0.2, 0.25) is 0 Å². The Hall–Kier alpha value is -1.24. The van der Waals surface area contributed by atoms with Crippen LogP contribution in [-0.4, -0.2) is 33.4 Å². The smallest absolute Gasteiger partial charge is 0.280 e. The normalized spacial score (nSPS) is 19.8. The molecule has 1 aromatic rings. The molecule has 18 heavy (non-hydrogen) atoms. The standard InChI is InChI=1S/C11H13F2N3OS/c12-10(13)8-4-9(15-6-14-8)11(17)16-7-2-1-3-18-5-7/h4,6-7,10H,1-3,5H2,(H,16,17). The third-order valence-corrected chi connectivity index (χ3v) is 3.86. The summed E-state index contributed by atoms with van der Waals surface area (Å²) >= 11 is 1.78. The molecule has 0 saturated carbocycles. The van der Waals surface area contributed by atoms with Crippen molar-refractivity contribution in [3.8, 4) is 0 Å². The summed E-state index contributed by atoms with van der Waals surface area (Å²) in [5.41, 5.74) is -0.427. The van der Waals surface area contributed by atoms with Crippen molar-refractivity contribution in [3.05, 3.63) is 23.8 Å². The zero-order valence-corrected chi connectivity index (χ0v) is 10.4. The van der Waals surface area contributed by atoms with E-state index >= 15 is 0 Å². The van der Waals surface area contributed by atoms with Gasteiger partial charge < -0.3 is 5.32 Å². The third-order valence-electron chi connectivity index (χ3n) is 2.64. The Morgan fingerprint density at radius 3 is 3.00 bits per heavy atom. The van der Waals surface area contributed by atoms with Crippen LogP contribution < -0.4 is 5.32 Å². The Morgan fingerprint density at radius 1 is 1.50 bits per heavy atom. The number of halogens is 2. The summed E-state index contributed by atoms with van der Waals surface area (Å²) in [7, 11) is 0. The molecular formula is C11H13F2N3OS. The second-order valence-corrected chi connectivity index (χ2v) is 5.17. The van der Waals surface area contributed by atoms with E-state index in [1.807, 2.05) is 0 Å². The largest absolute Gasteiger partial charge is 0.347 e. The number of hydrogen-bond acceptors (Lipinski definition) is 4. The van der Waals surface area contributed by atoms with Gasteiger partial charge in [0, 0.05) is 11.8 Å². The van der Waals surface area contributed by atoms with Crippen LogP contribution in [0.4, 0.5) is 8.78 Å². The van der Waals surface area contributed by atoms with Gasteiger partial charge in [0.1, 0.15) is 17.7 Å². The summed E-state index contributed by atoms with van der Waals surface area (Å²) < 4.78 is 24.9. The van der Waals surface area contributed by atoms with Crippen molar-refractivity contribution < 1.29 is 13.6 Å². The molecule has 1 fully saturated rings. The van der Waals surface area contributed by atoms with Crippen molar-refractivity contribution in [2.24, 2.45) is 0 Å². The van der Waals surface area contributed by atoms with E-state index < -0.39 is 18.0 Å². The zero-order chi connectivity index (χ0) is 13.0. The van der Waals surface area contributed by atoms with E-state index in [2.05, 4.69) is 15.3 Å². The monoisotopic (exact) mass is 273 g/mol. The van der Waals surface area contributed by atoms with Gasteiger partial charge in [-0.1, -0.05) is 0 Å². The highest BCUT2D eigenvalue weighted by Crippen LogP contribution is 2.18. The van der Waals surface area contributed by atoms with E-state index in [1.54, 1.807) is 11.8 Å². The molecule has 1 unspecified atom stereocenters. The number of hydrogen-bond donors (Lipinski definition) is 1. The second kappa shape index (κ2) is 6.08. The van der Waals surface area contributed by atoms with Crippen LogP contribution in [0.15, 0.2) is 12.4 Å². The van der Waals surface area contributed by atoms with Gasteiger partial charge in [0.15, 0.2) is 0 Å². The molecule has 1 aliphatic heterocycles. The van der Waals surface area contributed by atoms with Crippen LogP contribution in [0, 0.1) is 0 Å². The molecule has 0 aliphatic carbocycles. The molecule has 2 rings (SSSR count). The summed E-state index contributed by atoms with van der Waals surface area (Å²) in [5.74, 6) is 1.56. The average Bonchev–Trinajstić information content (AvgIpc) is 2.40. The number of nitrogens with one attached hydrogen (secondary N) is 1. The molecule has 1 saturated heterocycles. The molecule has 1 atom stereocenters. The maximum absolute atomic E-state index is 12.4. The van der Waals surface area contributed by atoms with Gasteiger partial charge in [-0.25, -0.2) is 18.7 Å². The fourth-order valence-corrected chi connectivity index (χ4v) is 2.80. The molecule has 0 bridgehead atoms. The summed E-state index contributed by atoms with van der Waals surface area (Å²) in [6.45, 7) is 0. The van der Waals surface area contributed by atoms with E-state index in [4.69, 9.17) is 0 Å². The minimum Gasteiger partial charge on any atom is -0.347 e. The second-order valence-electron chi connectivity index (χ2n) is 4.02. The number of alkyl halides is 2. The Labute approximate surface area is 108 Å². The number of thioether (sulfide) groups is 1. The highest BCUT2D eigenvalue weighted by atomic mass is 32.2. The fraction of sp³-hybridized carbons (Fsp3) is 0.545. The highest BCUT2D eigenvalue weighted by Gasteiger charge is 2.19.